The second-order valence-corrected chi connectivity index (χ2v) is 6.90. The minimum atomic E-state index is -2.80. The molecule has 1 heterocycles. The third kappa shape index (κ3) is 3.65. The zero-order valence-electron chi connectivity index (χ0n) is 14.7. The molecule has 2 rings (SSSR count). The van der Waals surface area contributed by atoms with Crippen molar-refractivity contribution < 1.29 is 13.2 Å². The number of piperazine rings is 1. The maximum absolute atomic E-state index is 14.5. The van der Waals surface area contributed by atoms with Crippen LogP contribution >= 0.6 is 0 Å². The van der Waals surface area contributed by atoms with Crippen molar-refractivity contribution in [1.82, 2.24) is 4.90 Å². The molecule has 0 aromatic heterocycles. The van der Waals surface area contributed by atoms with Gasteiger partial charge in [-0.15, -0.1) is 0 Å². The summed E-state index contributed by atoms with van der Waals surface area (Å²) in [6.07, 6.45) is -0.215. The predicted octanol–water partition coefficient (Wildman–Crippen LogP) is 4.42. The van der Waals surface area contributed by atoms with Crippen molar-refractivity contribution in [2.45, 2.75) is 52.0 Å². The molecular formula is C18H27F3N2. The van der Waals surface area contributed by atoms with Crippen LogP contribution in [0, 0.1) is 12.7 Å². The third-order valence-electron chi connectivity index (χ3n) is 4.77. The van der Waals surface area contributed by atoms with E-state index >= 15 is 0 Å². The third-order valence-corrected chi connectivity index (χ3v) is 4.77. The zero-order chi connectivity index (χ0) is 17.4. The fraction of sp³-hybridized carbons (Fsp3) is 0.667. The van der Waals surface area contributed by atoms with Crippen molar-refractivity contribution in [3.05, 3.63) is 29.1 Å². The Hall–Kier alpha value is -1.23. The average molecular weight is 328 g/mol. The van der Waals surface area contributed by atoms with Crippen LogP contribution in [0.4, 0.5) is 18.9 Å². The molecule has 1 aromatic rings. The molecule has 1 saturated heterocycles. The molecule has 1 aliphatic rings. The van der Waals surface area contributed by atoms with E-state index in [-0.39, 0.29) is 24.7 Å². The normalized spacial score (nSPS) is 20.4. The minimum absolute atomic E-state index is 0.0735. The Bertz CT molecular complexity index is 534. The van der Waals surface area contributed by atoms with Crippen LogP contribution in [0.15, 0.2) is 12.1 Å². The molecule has 1 unspecified atom stereocenters. The van der Waals surface area contributed by atoms with Gasteiger partial charge < -0.3 is 9.80 Å². The highest BCUT2D eigenvalue weighted by atomic mass is 19.3. The number of likely N-dealkylation sites (N-methyl/N-ethyl adjacent to an activating group) is 1. The van der Waals surface area contributed by atoms with Gasteiger partial charge in [-0.3, -0.25) is 0 Å². The highest BCUT2D eigenvalue weighted by molar-refractivity contribution is 5.54. The maximum atomic E-state index is 14.5. The van der Waals surface area contributed by atoms with Gasteiger partial charge in [0.25, 0.3) is 5.92 Å². The number of nitrogens with zero attached hydrogens (tertiary/aromatic N) is 2. The van der Waals surface area contributed by atoms with Gasteiger partial charge in [0.2, 0.25) is 0 Å². The fourth-order valence-electron chi connectivity index (χ4n) is 3.46. The molecule has 130 valence electrons. The quantitative estimate of drug-likeness (QED) is 0.807. The maximum Gasteiger partial charge on any atom is 0.268 e. The van der Waals surface area contributed by atoms with Crippen molar-refractivity contribution in [3.8, 4) is 0 Å². The molecule has 0 radical (unpaired) electrons. The van der Waals surface area contributed by atoms with Gasteiger partial charge in [0.15, 0.2) is 0 Å². The van der Waals surface area contributed by atoms with Crippen LogP contribution in [-0.2, 0) is 0 Å². The second kappa shape index (κ2) is 6.71. The molecule has 0 N–H and O–H groups in total. The lowest BCUT2D eigenvalue weighted by Crippen LogP contribution is -2.59. The van der Waals surface area contributed by atoms with Crippen LogP contribution in [-0.4, -0.2) is 43.5 Å². The van der Waals surface area contributed by atoms with Gasteiger partial charge in [0, 0.05) is 31.7 Å². The van der Waals surface area contributed by atoms with Gasteiger partial charge in [-0.25, -0.2) is 13.2 Å². The Kier molecular flexibility index (Phi) is 5.29. The molecule has 23 heavy (non-hydrogen) atoms. The molecule has 5 heteroatoms. The van der Waals surface area contributed by atoms with Crippen molar-refractivity contribution >= 4 is 5.69 Å². The van der Waals surface area contributed by atoms with Gasteiger partial charge in [0.05, 0.1) is 0 Å². The van der Waals surface area contributed by atoms with Crippen molar-refractivity contribution in [1.29, 1.82) is 0 Å². The van der Waals surface area contributed by atoms with E-state index < -0.39 is 12.0 Å². The van der Waals surface area contributed by atoms with Gasteiger partial charge >= 0.3 is 0 Å². The first kappa shape index (κ1) is 18.1. The van der Waals surface area contributed by atoms with Gasteiger partial charge in [-0.1, -0.05) is 20.8 Å². The first-order valence-corrected chi connectivity index (χ1v) is 8.30. The van der Waals surface area contributed by atoms with Gasteiger partial charge in [0.1, 0.15) is 11.9 Å². The summed E-state index contributed by atoms with van der Waals surface area (Å²) in [4.78, 5) is 3.60. The van der Waals surface area contributed by atoms with E-state index in [1.165, 1.54) is 13.0 Å². The molecule has 1 atom stereocenters. The van der Waals surface area contributed by atoms with E-state index in [1.807, 2.05) is 38.8 Å². The molecule has 0 spiro atoms. The Balaban J connectivity index is 2.42. The van der Waals surface area contributed by atoms with E-state index in [0.717, 1.165) is 5.56 Å². The predicted molar refractivity (Wildman–Crippen MR) is 89.1 cm³/mol. The van der Waals surface area contributed by atoms with E-state index in [0.29, 0.717) is 24.3 Å². The Labute approximate surface area is 137 Å². The lowest BCUT2D eigenvalue weighted by molar-refractivity contribution is -0.0447. The number of hydrogen-bond acceptors (Lipinski definition) is 2. The largest absolute Gasteiger partial charge is 0.360 e. The Morgan fingerprint density at radius 2 is 1.91 bits per heavy atom. The molecule has 0 saturated carbocycles. The van der Waals surface area contributed by atoms with Crippen LogP contribution in [0.3, 0.4) is 0 Å². The highest BCUT2D eigenvalue weighted by Gasteiger charge is 2.44. The SMILES string of the molecule is CCC(F)(F)C1CN(C)CCN1c1cc(C)c(C(C)C)c(F)c1. The number of halogens is 3. The van der Waals surface area contributed by atoms with Crippen LogP contribution in [0.5, 0.6) is 0 Å². The number of anilines is 1. The topological polar surface area (TPSA) is 6.48 Å². The fourth-order valence-corrected chi connectivity index (χ4v) is 3.46. The first-order chi connectivity index (χ1) is 10.7. The number of rotatable bonds is 4. The monoisotopic (exact) mass is 328 g/mol. The Morgan fingerprint density at radius 1 is 1.26 bits per heavy atom. The molecule has 1 aromatic carbocycles. The molecule has 0 aliphatic carbocycles. The molecular weight excluding hydrogens is 301 g/mol. The summed E-state index contributed by atoms with van der Waals surface area (Å²) in [7, 11) is 1.85. The highest BCUT2D eigenvalue weighted by Crippen LogP contribution is 2.35. The van der Waals surface area contributed by atoms with Gasteiger partial charge in [-0.05, 0) is 43.1 Å². The molecule has 0 amide bonds. The molecule has 1 aliphatic heterocycles. The Morgan fingerprint density at radius 3 is 2.43 bits per heavy atom. The second-order valence-electron chi connectivity index (χ2n) is 6.90. The van der Waals surface area contributed by atoms with E-state index in [1.54, 1.807) is 4.90 Å². The van der Waals surface area contributed by atoms with Gasteiger partial charge in [-0.2, -0.15) is 0 Å². The van der Waals surface area contributed by atoms with Crippen LogP contribution in [0.1, 0.15) is 44.2 Å². The van der Waals surface area contributed by atoms with Crippen LogP contribution in [0.25, 0.3) is 0 Å². The lowest BCUT2D eigenvalue weighted by atomic mass is 9.95. The average Bonchev–Trinajstić information content (AvgIpc) is 2.45. The summed E-state index contributed by atoms with van der Waals surface area (Å²) < 4.78 is 43.3. The molecule has 2 nitrogen and oxygen atoms in total. The summed E-state index contributed by atoms with van der Waals surface area (Å²) >= 11 is 0. The van der Waals surface area contributed by atoms with E-state index in [4.69, 9.17) is 0 Å². The minimum Gasteiger partial charge on any atom is -0.360 e. The summed E-state index contributed by atoms with van der Waals surface area (Å²) in [5.41, 5.74) is 2.06. The van der Waals surface area contributed by atoms with E-state index in [9.17, 15) is 13.2 Å². The summed E-state index contributed by atoms with van der Waals surface area (Å²) in [5.74, 6) is -3.02. The summed E-state index contributed by atoms with van der Waals surface area (Å²) in [6, 6.07) is 2.35. The summed E-state index contributed by atoms with van der Waals surface area (Å²) in [6.45, 7) is 8.70. The number of benzene rings is 1. The number of aryl methyl sites for hydroxylation is 1. The van der Waals surface area contributed by atoms with E-state index in [2.05, 4.69) is 0 Å². The smallest absolute Gasteiger partial charge is 0.268 e. The number of alkyl halides is 2. The molecule has 1 fully saturated rings. The van der Waals surface area contributed by atoms with Crippen molar-refractivity contribution in [2.24, 2.45) is 0 Å². The van der Waals surface area contributed by atoms with Crippen molar-refractivity contribution in [2.75, 3.05) is 31.6 Å². The summed E-state index contributed by atoms with van der Waals surface area (Å²) in [5, 5.41) is 0. The first-order valence-electron chi connectivity index (χ1n) is 8.30. The zero-order valence-corrected chi connectivity index (χ0v) is 14.7. The lowest BCUT2D eigenvalue weighted by Gasteiger charge is -2.44. The standard InChI is InChI=1S/C18H27F3N2/c1-6-18(20,21)16-11-22(5)7-8-23(16)14-9-13(4)17(12(2)3)15(19)10-14/h9-10,12,16H,6-8,11H2,1-5H3. The van der Waals surface area contributed by atoms with Crippen molar-refractivity contribution in [3.63, 3.8) is 0 Å². The number of hydrogen-bond donors (Lipinski definition) is 0. The van der Waals surface area contributed by atoms with Crippen LogP contribution < -0.4 is 4.90 Å². The van der Waals surface area contributed by atoms with Crippen LogP contribution in [0.2, 0.25) is 0 Å². The molecule has 0 bridgehead atoms.